The molecular formula is C13H22FN3. The molecule has 0 heterocycles. The summed E-state index contributed by atoms with van der Waals surface area (Å²) < 4.78 is 13.8. The number of rotatable bonds is 3. The van der Waals surface area contributed by atoms with E-state index in [1.807, 2.05) is 0 Å². The van der Waals surface area contributed by atoms with E-state index in [1.165, 1.54) is 0 Å². The number of nitrogens with one attached hydrogen (secondary N) is 2. The molecule has 0 unspecified atom stereocenters. The Hall–Kier alpha value is -1.29. The van der Waals surface area contributed by atoms with Crippen LogP contribution in [0.4, 0.5) is 15.8 Å². The van der Waals surface area contributed by atoms with Crippen LogP contribution in [0.25, 0.3) is 0 Å². The number of anilines is 2. The molecule has 96 valence electrons. The van der Waals surface area contributed by atoms with Crippen molar-refractivity contribution in [3.8, 4) is 0 Å². The van der Waals surface area contributed by atoms with E-state index < -0.39 is 0 Å². The number of hydrogen-bond acceptors (Lipinski definition) is 3. The van der Waals surface area contributed by atoms with Gasteiger partial charge in [0.05, 0.1) is 11.4 Å². The van der Waals surface area contributed by atoms with E-state index in [9.17, 15) is 4.39 Å². The Balaban J connectivity index is 3.09. The molecule has 4 heteroatoms. The molecule has 0 spiro atoms. The molecule has 0 atom stereocenters. The molecule has 0 bridgehead atoms. The van der Waals surface area contributed by atoms with Crippen LogP contribution in [-0.4, -0.2) is 6.54 Å². The summed E-state index contributed by atoms with van der Waals surface area (Å²) in [5.41, 5.74) is 5.40. The van der Waals surface area contributed by atoms with Gasteiger partial charge in [-0.3, -0.25) is 5.84 Å². The fourth-order valence-corrected chi connectivity index (χ4v) is 1.65. The van der Waals surface area contributed by atoms with Crippen molar-refractivity contribution >= 4 is 11.4 Å². The maximum absolute atomic E-state index is 13.8. The van der Waals surface area contributed by atoms with Crippen molar-refractivity contribution in [2.45, 2.75) is 34.6 Å². The summed E-state index contributed by atoms with van der Waals surface area (Å²) in [5.74, 6) is 5.29. The van der Waals surface area contributed by atoms with Crippen molar-refractivity contribution in [2.24, 2.45) is 11.3 Å². The number of nitrogen functional groups attached to an aromatic ring is 1. The molecule has 0 fully saturated rings. The van der Waals surface area contributed by atoms with Crippen LogP contribution < -0.4 is 16.6 Å². The third-order valence-electron chi connectivity index (χ3n) is 2.63. The van der Waals surface area contributed by atoms with Crippen molar-refractivity contribution < 1.29 is 4.39 Å². The van der Waals surface area contributed by atoms with Crippen molar-refractivity contribution in [2.75, 3.05) is 17.3 Å². The van der Waals surface area contributed by atoms with Crippen LogP contribution in [0.1, 0.15) is 31.9 Å². The topological polar surface area (TPSA) is 50.1 Å². The summed E-state index contributed by atoms with van der Waals surface area (Å²) in [6, 6.07) is 1.72. The lowest BCUT2D eigenvalue weighted by Gasteiger charge is -2.23. The Bertz CT molecular complexity index is 408. The molecule has 4 N–H and O–H groups in total. The lowest BCUT2D eigenvalue weighted by Crippen LogP contribution is -2.21. The van der Waals surface area contributed by atoms with Gasteiger partial charge in [-0.15, -0.1) is 0 Å². The molecule has 0 amide bonds. The molecule has 1 aromatic carbocycles. The second kappa shape index (κ2) is 4.92. The van der Waals surface area contributed by atoms with Crippen LogP contribution in [0.2, 0.25) is 0 Å². The number of hydrazine groups is 1. The van der Waals surface area contributed by atoms with E-state index in [-0.39, 0.29) is 11.2 Å². The summed E-state index contributed by atoms with van der Waals surface area (Å²) in [5, 5.41) is 3.26. The fraction of sp³-hybridized carbons (Fsp3) is 0.538. The molecule has 1 aromatic rings. The lowest BCUT2D eigenvalue weighted by atomic mass is 9.96. The minimum Gasteiger partial charge on any atom is -0.383 e. The van der Waals surface area contributed by atoms with E-state index in [0.717, 1.165) is 17.9 Å². The van der Waals surface area contributed by atoms with E-state index >= 15 is 0 Å². The molecule has 1 rings (SSSR count). The number of halogens is 1. The Morgan fingerprint density at radius 3 is 2.35 bits per heavy atom. The maximum Gasteiger partial charge on any atom is 0.131 e. The predicted octanol–water partition coefficient (Wildman–Crippen LogP) is 3.19. The molecule has 0 radical (unpaired) electrons. The fourth-order valence-electron chi connectivity index (χ4n) is 1.65. The monoisotopic (exact) mass is 239 g/mol. The van der Waals surface area contributed by atoms with Crippen molar-refractivity contribution in [1.29, 1.82) is 0 Å². The summed E-state index contributed by atoms with van der Waals surface area (Å²) in [6.07, 6.45) is 0. The molecule has 0 aliphatic rings. The zero-order chi connectivity index (χ0) is 13.2. The number of aryl methyl sites for hydroxylation is 1. The molecule has 0 aromatic heterocycles. The molecule has 17 heavy (non-hydrogen) atoms. The highest BCUT2D eigenvalue weighted by molar-refractivity contribution is 5.73. The molecular weight excluding hydrogens is 217 g/mol. The van der Waals surface area contributed by atoms with Crippen LogP contribution in [-0.2, 0) is 0 Å². The second-order valence-electron chi connectivity index (χ2n) is 5.61. The van der Waals surface area contributed by atoms with Crippen LogP contribution in [0.3, 0.4) is 0 Å². The highest BCUT2D eigenvalue weighted by atomic mass is 19.1. The van der Waals surface area contributed by atoms with Gasteiger partial charge in [0.15, 0.2) is 0 Å². The molecule has 3 nitrogen and oxygen atoms in total. The Morgan fingerprint density at radius 2 is 1.88 bits per heavy atom. The van der Waals surface area contributed by atoms with Gasteiger partial charge in [-0.05, 0) is 30.9 Å². The summed E-state index contributed by atoms with van der Waals surface area (Å²) in [6.45, 7) is 10.6. The van der Waals surface area contributed by atoms with Crippen LogP contribution in [0, 0.1) is 25.1 Å². The third-order valence-corrected chi connectivity index (χ3v) is 2.63. The lowest BCUT2D eigenvalue weighted by molar-refractivity contribution is 0.443. The maximum atomic E-state index is 13.8. The normalized spacial score (nSPS) is 11.5. The van der Waals surface area contributed by atoms with Crippen LogP contribution >= 0.6 is 0 Å². The van der Waals surface area contributed by atoms with Gasteiger partial charge >= 0.3 is 0 Å². The highest BCUT2D eigenvalue weighted by Gasteiger charge is 2.15. The number of benzene rings is 1. The minimum absolute atomic E-state index is 0.125. The van der Waals surface area contributed by atoms with E-state index in [1.54, 1.807) is 19.9 Å². The molecule has 0 saturated heterocycles. The predicted molar refractivity (Wildman–Crippen MR) is 71.6 cm³/mol. The van der Waals surface area contributed by atoms with Crippen molar-refractivity contribution in [3.63, 3.8) is 0 Å². The van der Waals surface area contributed by atoms with Gasteiger partial charge in [0, 0.05) is 12.1 Å². The first-order valence-electron chi connectivity index (χ1n) is 5.76. The van der Waals surface area contributed by atoms with Gasteiger partial charge in [-0.25, -0.2) is 4.39 Å². The Labute approximate surface area is 103 Å². The quantitative estimate of drug-likeness (QED) is 0.561. The van der Waals surface area contributed by atoms with Gasteiger partial charge in [0.25, 0.3) is 0 Å². The van der Waals surface area contributed by atoms with Gasteiger partial charge in [0.1, 0.15) is 5.82 Å². The Morgan fingerprint density at radius 1 is 1.29 bits per heavy atom. The molecule has 0 aliphatic carbocycles. The largest absolute Gasteiger partial charge is 0.383 e. The van der Waals surface area contributed by atoms with Crippen LogP contribution in [0.5, 0.6) is 0 Å². The standard InChI is InChI=1S/C13H22FN3/c1-8-6-10(17-15)12(9(2)11(8)14)16-7-13(3,4)5/h6,16-17H,7,15H2,1-5H3. The van der Waals surface area contributed by atoms with E-state index in [4.69, 9.17) is 5.84 Å². The van der Waals surface area contributed by atoms with E-state index in [0.29, 0.717) is 11.1 Å². The van der Waals surface area contributed by atoms with E-state index in [2.05, 4.69) is 31.5 Å². The molecule has 0 aliphatic heterocycles. The second-order valence-corrected chi connectivity index (χ2v) is 5.61. The van der Waals surface area contributed by atoms with Gasteiger partial charge < -0.3 is 10.7 Å². The SMILES string of the molecule is Cc1cc(NN)c(NCC(C)(C)C)c(C)c1F. The van der Waals surface area contributed by atoms with Crippen molar-refractivity contribution in [1.82, 2.24) is 0 Å². The first-order valence-corrected chi connectivity index (χ1v) is 5.76. The zero-order valence-electron chi connectivity index (χ0n) is 11.2. The first-order chi connectivity index (χ1) is 7.76. The molecule has 0 saturated carbocycles. The first kappa shape index (κ1) is 13.8. The average Bonchev–Trinajstić information content (AvgIpc) is 2.22. The third kappa shape index (κ3) is 3.33. The van der Waals surface area contributed by atoms with Gasteiger partial charge in [-0.1, -0.05) is 20.8 Å². The van der Waals surface area contributed by atoms with Crippen LogP contribution in [0.15, 0.2) is 6.07 Å². The highest BCUT2D eigenvalue weighted by Crippen LogP contribution is 2.30. The summed E-state index contributed by atoms with van der Waals surface area (Å²) in [4.78, 5) is 0. The average molecular weight is 239 g/mol. The van der Waals surface area contributed by atoms with Crippen molar-refractivity contribution in [3.05, 3.63) is 23.0 Å². The Kier molecular flexibility index (Phi) is 3.98. The zero-order valence-corrected chi connectivity index (χ0v) is 11.2. The van der Waals surface area contributed by atoms with Gasteiger partial charge in [-0.2, -0.15) is 0 Å². The number of nitrogens with two attached hydrogens (primary N) is 1. The summed E-state index contributed by atoms with van der Waals surface area (Å²) in [7, 11) is 0. The minimum atomic E-state index is -0.180. The van der Waals surface area contributed by atoms with Gasteiger partial charge in [0.2, 0.25) is 0 Å². The summed E-state index contributed by atoms with van der Waals surface area (Å²) >= 11 is 0. The smallest absolute Gasteiger partial charge is 0.131 e. The number of hydrogen-bond donors (Lipinski definition) is 3.